The van der Waals surface area contributed by atoms with Gasteiger partial charge in [0, 0.05) is 13.1 Å². The molecule has 1 saturated heterocycles. The lowest BCUT2D eigenvalue weighted by atomic mass is 9.99. The first-order chi connectivity index (χ1) is 14.0. The van der Waals surface area contributed by atoms with Crippen molar-refractivity contribution < 1.29 is 19.1 Å². The van der Waals surface area contributed by atoms with Crippen LogP contribution in [0.1, 0.15) is 23.1 Å². The Morgan fingerprint density at radius 1 is 1.10 bits per heavy atom. The maximum atomic E-state index is 12.7. The van der Waals surface area contributed by atoms with Gasteiger partial charge in [0.1, 0.15) is 11.8 Å². The van der Waals surface area contributed by atoms with E-state index in [-0.39, 0.29) is 24.8 Å². The van der Waals surface area contributed by atoms with Crippen LogP contribution in [0.5, 0.6) is 5.75 Å². The van der Waals surface area contributed by atoms with Gasteiger partial charge in [-0.15, -0.1) is 0 Å². The van der Waals surface area contributed by atoms with Crippen LogP contribution in [-0.4, -0.2) is 47.3 Å². The number of amides is 4. The lowest BCUT2D eigenvalue weighted by Crippen LogP contribution is -2.41. The van der Waals surface area contributed by atoms with Crippen LogP contribution in [-0.2, 0) is 29.1 Å². The maximum Gasteiger partial charge on any atom is 0.325 e. The minimum Gasteiger partial charge on any atom is -0.497 e. The minimum atomic E-state index is -0.814. The lowest BCUT2D eigenvalue weighted by molar-refractivity contribution is -0.136. The van der Waals surface area contributed by atoms with Crippen LogP contribution in [0.15, 0.2) is 48.5 Å². The zero-order chi connectivity index (χ0) is 20.4. The van der Waals surface area contributed by atoms with Crippen molar-refractivity contribution in [2.45, 2.75) is 32.0 Å². The van der Waals surface area contributed by atoms with Gasteiger partial charge < -0.3 is 15.0 Å². The molecule has 7 heteroatoms. The van der Waals surface area contributed by atoms with Crippen molar-refractivity contribution in [1.82, 2.24) is 15.1 Å². The van der Waals surface area contributed by atoms with Crippen molar-refractivity contribution in [3.05, 3.63) is 65.2 Å². The second kappa shape index (κ2) is 7.95. The molecule has 4 rings (SSSR count). The van der Waals surface area contributed by atoms with Crippen molar-refractivity contribution >= 4 is 17.8 Å². The van der Waals surface area contributed by atoms with E-state index in [2.05, 4.69) is 11.4 Å². The molecule has 1 N–H and O–H groups in total. The van der Waals surface area contributed by atoms with E-state index in [4.69, 9.17) is 4.74 Å². The number of hydrogen-bond acceptors (Lipinski definition) is 4. The van der Waals surface area contributed by atoms with Gasteiger partial charge in [-0.1, -0.05) is 36.4 Å². The highest BCUT2D eigenvalue weighted by Gasteiger charge is 2.39. The number of carbonyl (C=O) groups excluding carboxylic acids is 3. The summed E-state index contributed by atoms with van der Waals surface area (Å²) in [6.45, 7) is 1.33. The summed E-state index contributed by atoms with van der Waals surface area (Å²) in [5.41, 5.74) is 3.20. The maximum absolute atomic E-state index is 12.7. The van der Waals surface area contributed by atoms with Crippen molar-refractivity contribution in [1.29, 1.82) is 0 Å². The van der Waals surface area contributed by atoms with Crippen LogP contribution in [0, 0.1) is 0 Å². The van der Waals surface area contributed by atoms with E-state index < -0.39 is 12.1 Å². The summed E-state index contributed by atoms with van der Waals surface area (Å²) in [6.07, 6.45) is 0.780. The molecule has 29 heavy (non-hydrogen) atoms. The highest BCUT2D eigenvalue weighted by molar-refractivity contribution is 6.05. The number of benzene rings is 2. The molecule has 4 amide bonds. The Bertz CT molecular complexity index is 941. The van der Waals surface area contributed by atoms with Gasteiger partial charge in [-0.05, 0) is 35.2 Å². The molecule has 2 aliphatic heterocycles. The Morgan fingerprint density at radius 3 is 2.55 bits per heavy atom. The number of nitrogens with one attached hydrogen (secondary N) is 1. The molecule has 2 aromatic carbocycles. The molecular weight excluding hydrogens is 370 g/mol. The van der Waals surface area contributed by atoms with E-state index in [0.717, 1.165) is 22.4 Å². The van der Waals surface area contributed by atoms with Gasteiger partial charge in [0.25, 0.3) is 5.91 Å². The summed E-state index contributed by atoms with van der Waals surface area (Å²) in [4.78, 5) is 40.7. The molecule has 0 bridgehead atoms. The third-order valence-corrected chi connectivity index (χ3v) is 5.47. The second-order valence-electron chi connectivity index (χ2n) is 7.31. The first-order valence-electron chi connectivity index (χ1n) is 9.64. The van der Waals surface area contributed by atoms with Crippen molar-refractivity contribution in [2.75, 3.05) is 13.7 Å². The van der Waals surface area contributed by atoms with E-state index >= 15 is 0 Å². The minimum absolute atomic E-state index is 0.0220. The number of ether oxygens (including phenoxy) is 1. The molecule has 150 valence electrons. The quantitative estimate of drug-likeness (QED) is 0.789. The third-order valence-electron chi connectivity index (χ3n) is 5.47. The average Bonchev–Trinajstić information content (AvgIpc) is 3.01. The summed E-state index contributed by atoms with van der Waals surface area (Å²) in [5.74, 6) is 0.221. The number of rotatable bonds is 5. The zero-order valence-electron chi connectivity index (χ0n) is 16.3. The molecule has 0 saturated carbocycles. The molecule has 2 aliphatic rings. The Labute approximate surface area is 169 Å². The number of fused-ring (bicyclic) bond motifs is 1. The molecular formula is C22H23N3O4. The second-order valence-corrected chi connectivity index (χ2v) is 7.31. The molecule has 2 aromatic rings. The summed E-state index contributed by atoms with van der Waals surface area (Å²) in [6, 6.07) is 14.0. The van der Waals surface area contributed by atoms with E-state index in [1.54, 1.807) is 24.1 Å². The number of imide groups is 1. The van der Waals surface area contributed by atoms with Crippen LogP contribution >= 0.6 is 0 Å². The Balaban J connectivity index is 1.38. The molecule has 7 nitrogen and oxygen atoms in total. The number of nitrogens with zero attached hydrogens (tertiary/aromatic N) is 2. The van der Waals surface area contributed by atoms with Crippen LogP contribution in [0.25, 0.3) is 0 Å². The summed E-state index contributed by atoms with van der Waals surface area (Å²) >= 11 is 0. The molecule has 0 radical (unpaired) electrons. The van der Waals surface area contributed by atoms with Gasteiger partial charge in [0.15, 0.2) is 0 Å². The van der Waals surface area contributed by atoms with Crippen LogP contribution in [0.3, 0.4) is 0 Å². The van der Waals surface area contributed by atoms with Gasteiger partial charge >= 0.3 is 6.03 Å². The largest absolute Gasteiger partial charge is 0.497 e. The van der Waals surface area contributed by atoms with E-state index in [1.807, 2.05) is 30.3 Å². The summed E-state index contributed by atoms with van der Waals surface area (Å²) < 4.78 is 5.12. The zero-order valence-corrected chi connectivity index (χ0v) is 16.3. The molecule has 0 unspecified atom stereocenters. The van der Waals surface area contributed by atoms with E-state index in [0.29, 0.717) is 18.8 Å². The number of methoxy groups -OCH3 is 1. The Hall–Kier alpha value is -3.35. The molecule has 1 atom stereocenters. The lowest BCUT2D eigenvalue weighted by Gasteiger charge is -2.29. The van der Waals surface area contributed by atoms with Crippen molar-refractivity contribution in [2.24, 2.45) is 0 Å². The van der Waals surface area contributed by atoms with Crippen LogP contribution in [0.4, 0.5) is 4.79 Å². The van der Waals surface area contributed by atoms with Crippen LogP contribution in [0.2, 0.25) is 0 Å². The van der Waals surface area contributed by atoms with Gasteiger partial charge in [0.05, 0.1) is 20.1 Å². The van der Waals surface area contributed by atoms with Crippen molar-refractivity contribution in [3.63, 3.8) is 0 Å². The van der Waals surface area contributed by atoms with E-state index in [9.17, 15) is 14.4 Å². The smallest absolute Gasteiger partial charge is 0.325 e. The number of hydrogen-bond donors (Lipinski definition) is 1. The Morgan fingerprint density at radius 2 is 1.83 bits per heavy atom. The fraction of sp³-hybridized carbons (Fsp3) is 0.318. The van der Waals surface area contributed by atoms with Gasteiger partial charge in [0.2, 0.25) is 5.91 Å². The summed E-state index contributed by atoms with van der Waals surface area (Å²) in [5, 5.41) is 2.65. The number of carbonyl (C=O) groups is 3. The highest BCUT2D eigenvalue weighted by Crippen LogP contribution is 2.21. The predicted octanol–water partition coefficient (Wildman–Crippen LogP) is 2.09. The van der Waals surface area contributed by atoms with Gasteiger partial charge in [-0.3, -0.25) is 14.5 Å². The van der Waals surface area contributed by atoms with Gasteiger partial charge in [-0.2, -0.15) is 0 Å². The average molecular weight is 393 g/mol. The van der Waals surface area contributed by atoms with E-state index in [1.165, 1.54) is 5.56 Å². The molecule has 0 aromatic heterocycles. The highest BCUT2D eigenvalue weighted by atomic mass is 16.5. The molecule has 0 spiro atoms. The Kier molecular flexibility index (Phi) is 5.20. The third kappa shape index (κ3) is 3.94. The molecule has 0 aliphatic carbocycles. The first-order valence-corrected chi connectivity index (χ1v) is 9.64. The fourth-order valence-electron chi connectivity index (χ4n) is 3.79. The fourth-order valence-corrected chi connectivity index (χ4v) is 3.79. The predicted molar refractivity (Wildman–Crippen MR) is 106 cm³/mol. The van der Waals surface area contributed by atoms with Crippen LogP contribution < -0.4 is 10.1 Å². The number of urea groups is 1. The first kappa shape index (κ1) is 19.0. The SMILES string of the molecule is COc1ccc(CN2C(=O)N[C@H](CC(=O)N3CCc4ccccc4C3)C2=O)cc1. The monoisotopic (exact) mass is 393 g/mol. The van der Waals surface area contributed by atoms with Gasteiger partial charge in [-0.25, -0.2) is 4.79 Å². The molecule has 1 fully saturated rings. The summed E-state index contributed by atoms with van der Waals surface area (Å²) in [7, 11) is 1.58. The topological polar surface area (TPSA) is 79.0 Å². The van der Waals surface area contributed by atoms with Crippen molar-refractivity contribution in [3.8, 4) is 5.75 Å². The molecule has 2 heterocycles. The normalized spacial score (nSPS) is 18.4. The standard InChI is InChI=1S/C22H23N3O4/c1-29-18-8-6-15(7-9-18)13-25-21(27)19(23-22(25)28)12-20(26)24-11-10-16-4-2-3-5-17(16)14-24/h2-9,19H,10-14H2,1H3,(H,23,28)/t19-/m1/s1.